The molecule has 0 fully saturated rings. The summed E-state index contributed by atoms with van der Waals surface area (Å²) in [6.07, 6.45) is 1.07. The van der Waals surface area contributed by atoms with E-state index in [0.29, 0.717) is 6.54 Å². The maximum atomic E-state index is 5.56. The van der Waals surface area contributed by atoms with Crippen molar-refractivity contribution in [2.24, 2.45) is 5.73 Å². The molecule has 0 aliphatic heterocycles. The molecule has 0 bridgehead atoms. The van der Waals surface area contributed by atoms with Crippen LogP contribution in [-0.2, 0) is 19.5 Å². The van der Waals surface area contributed by atoms with Crippen molar-refractivity contribution in [2.75, 3.05) is 13.6 Å². The van der Waals surface area contributed by atoms with Crippen molar-refractivity contribution in [3.05, 3.63) is 52.0 Å². The molecule has 0 aliphatic rings. The third-order valence-corrected chi connectivity index (χ3v) is 3.75. The second-order valence-corrected chi connectivity index (χ2v) is 5.35. The zero-order valence-electron chi connectivity index (χ0n) is 10.7. The Kier molecular flexibility index (Phi) is 4.87. The first-order chi connectivity index (χ1) is 8.78. The Morgan fingerprint density at radius 3 is 2.72 bits per heavy atom. The Labute approximate surface area is 112 Å². The Hall–Kier alpha value is -1.23. The summed E-state index contributed by atoms with van der Waals surface area (Å²) in [5.74, 6) is 0. The summed E-state index contributed by atoms with van der Waals surface area (Å²) < 4.78 is 0. The number of rotatable bonds is 6. The molecule has 0 radical (unpaired) electrons. The molecule has 0 spiro atoms. The Morgan fingerprint density at radius 2 is 2.06 bits per heavy atom. The average Bonchev–Trinajstić information content (AvgIpc) is 2.85. The van der Waals surface area contributed by atoms with Gasteiger partial charge < -0.3 is 10.6 Å². The summed E-state index contributed by atoms with van der Waals surface area (Å²) in [5.41, 5.74) is 8.06. The molecule has 0 saturated heterocycles. The normalized spacial score (nSPS) is 11.1. The van der Waals surface area contributed by atoms with Crippen molar-refractivity contribution < 1.29 is 0 Å². The van der Waals surface area contributed by atoms with Crippen LogP contribution < -0.4 is 5.73 Å². The van der Waals surface area contributed by atoms with Gasteiger partial charge in [-0.25, -0.2) is 4.98 Å². The van der Waals surface area contributed by atoms with Gasteiger partial charge in [-0.05, 0) is 19.0 Å². The van der Waals surface area contributed by atoms with Gasteiger partial charge in [-0.3, -0.25) is 0 Å². The molecule has 2 N–H and O–H groups in total. The molecule has 2 aromatic rings. The van der Waals surface area contributed by atoms with Gasteiger partial charge in [0.1, 0.15) is 5.01 Å². The van der Waals surface area contributed by atoms with E-state index in [4.69, 9.17) is 5.73 Å². The molecule has 3 nitrogen and oxygen atoms in total. The molecule has 18 heavy (non-hydrogen) atoms. The second kappa shape index (κ2) is 6.64. The number of thiazole rings is 1. The van der Waals surface area contributed by atoms with Crippen molar-refractivity contribution in [3.8, 4) is 0 Å². The fourth-order valence-corrected chi connectivity index (χ4v) is 2.50. The largest absolute Gasteiger partial charge is 0.325 e. The summed E-state index contributed by atoms with van der Waals surface area (Å²) in [4.78, 5) is 6.77. The van der Waals surface area contributed by atoms with E-state index in [9.17, 15) is 0 Å². The lowest BCUT2D eigenvalue weighted by Crippen LogP contribution is -2.21. The van der Waals surface area contributed by atoms with Crippen LogP contribution in [0.15, 0.2) is 35.7 Å². The van der Waals surface area contributed by atoms with Gasteiger partial charge in [0.25, 0.3) is 0 Å². The van der Waals surface area contributed by atoms with Crippen molar-refractivity contribution >= 4 is 11.3 Å². The van der Waals surface area contributed by atoms with E-state index in [1.165, 1.54) is 5.56 Å². The number of hydrogen-bond acceptors (Lipinski definition) is 4. The van der Waals surface area contributed by atoms with E-state index in [1.54, 1.807) is 11.3 Å². The quantitative estimate of drug-likeness (QED) is 0.867. The van der Waals surface area contributed by atoms with Gasteiger partial charge in [0.05, 0.1) is 5.69 Å². The highest BCUT2D eigenvalue weighted by Crippen LogP contribution is 2.11. The number of likely N-dealkylation sites (N-methyl/N-ethyl adjacent to an activating group) is 1. The minimum Gasteiger partial charge on any atom is -0.325 e. The minimum atomic E-state index is 0.540. The van der Waals surface area contributed by atoms with Crippen LogP contribution in [0.5, 0.6) is 0 Å². The smallest absolute Gasteiger partial charge is 0.106 e. The summed E-state index contributed by atoms with van der Waals surface area (Å²) in [6.45, 7) is 2.47. The Bertz CT molecular complexity index is 467. The topological polar surface area (TPSA) is 42.1 Å². The SMILES string of the molecule is CN(CCc1ccccc1)Cc1csc(CN)n1. The number of nitrogens with zero attached hydrogens (tertiary/aromatic N) is 2. The van der Waals surface area contributed by atoms with E-state index in [0.717, 1.165) is 30.2 Å². The van der Waals surface area contributed by atoms with Crippen molar-refractivity contribution in [1.29, 1.82) is 0 Å². The molecule has 4 heteroatoms. The fourth-order valence-electron chi connectivity index (χ4n) is 1.84. The predicted molar refractivity (Wildman–Crippen MR) is 76.5 cm³/mol. The van der Waals surface area contributed by atoms with Gasteiger partial charge in [0.15, 0.2) is 0 Å². The highest BCUT2D eigenvalue weighted by Gasteiger charge is 2.04. The zero-order valence-corrected chi connectivity index (χ0v) is 11.5. The molecule has 1 aromatic heterocycles. The van der Waals surface area contributed by atoms with Gasteiger partial charge >= 0.3 is 0 Å². The first-order valence-electron chi connectivity index (χ1n) is 6.13. The van der Waals surface area contributed by atoms with Crippen LogP contribution in [0.4, 0.5) is 0 Å². The molecule has 1 heterocycles. The minimum absolute atomic E-state index is 0.540. The maximum absolute atomic E-state index is 5.56. The molecular formula is C14H19N3S. The third-order valence-electron chi connectivity index (χ3n) is 2.83. The van der Waals surface area contributed by atoms with Gasteiger partial charge in [0, 0.05) is 25.0 Å². The average molecular weight is 261 g/mol. The molecule has 0 atom stereocenters. The first-order valence-corrected chi connectivity index (χ1v) is 7.01. The van der Waals surface area contributed by atoms with Crippen LogP contribution in [0.3, 0.4) is 0 Å². The van der Waals surface area contributed by atoms with Crippen LogP contribution in [0.1, 0.15) is 16.3 Å². The summed E-state index contributed by atoms with van der Waals surface area (Å²) in [7, 11) is 2.13. The summed E-state index contributed by atoms with van der Waals surface area (Å²) in [5, 5.41) is 3.11. The van der Waals surface area contributed by atoms with Crippen molar-refractivity contribution in [3.63, 3.8) is 0 Å². The zero-order chi connectivity index (χ0) is 12.8. The number of nitrogens with two attached hydrogens (primary N) is 1. The van der Waals surface area contributed by atoms with Crippen LogP contribution in [0.25, 0.3) is 0 Å². The third kappa shape index (κ3) is 3.91. The molecule has 0 aliphatic carbocycles. The van der Waals surface area contributed by atoms with E-state index in [1.807, 2.05) is 0 Å². The van der Waals surface area contributed by atoms with E-state index in [-0.39, 0.29) is 0 Å². The lowest BCUT2D eigenvalue weighted by molar-refractivity contribution is 0.327. The standard InChI is InChI=1S/C14H19N3S/c1-17(8-7-12-5-3-2-4-6-12)10-13-11-18-14(9-15)16-13/h2-6,11H,7-10,15H2,1H3. The van der Waals surface area contributed by atoms with Gasteiger partial charge in [0.2, 0.25) is 0 Å². The first kappa shape index (κ1) is 13.2. The molecule has 96 valence electrons. The number of benzene rings is 1. The predicted octanol–water partition coefficient (Wildman–Crippen LogP) is 2.28. The molecule has 1 aromatic carbocycles. The lowest BCUT2D eigenvalue weighted by Gasteiger charge is -2.15. The Morgan fingerprint density at radius 1 is 1.28 bits per heavy atom. The second-order valence-electron chi connectivity index (χ2n) is 4.41. The van der Waals surface area contributed by atoms with Crippen molar-refractivity contribution in [1.82, 2.24) is 9.88 Å². The monoisotopic (exact) mass is 261 g/mol. The molecule has 0 unspecified atom stereocenters. The summed E-state index contributed by atoms with van der Waals surface area (Å²) >= 11 is 1.64. The van der Waals surface area contributed by atoms with Gasteiger partial charge in [-0.2, -0.15) is 0 Å². The van der Waals surface area contributed by atoms with E-state index in [2.05, 4.69) is 52.6 Å². The van der Waals surface area contributed by atoms with Crippen LogP contribution in [-0.4, -0.2) is 23.5 Å². The Balaban J connectivity index is 1.80. The molecular weight excluding hydrogens is 242 g/mol. The van der Waals surface area contributed by atoms with E-state index >= 15 is 0 Å². The molecule has 0 saturated carbocycles. The molecule has 2 rings (SSSR count). The molecule has 0 amide bonds. The lowest BCUT2D eigenvalue weighted by atomic mass is 10.1. The van der Waals surface area contributed by atoms with Crippen LogP contribution >= 0.6 is 11.3 Å². The number of hydrogen-bond donors (Lipinski definition) is 1. The fraction of sp³-hybridized carbons (Fsp3) is 0.357. The van der Waals surface area contributed by atoms with Gasteiger partial charge in [-0.15, -0.1) is 11.3 Å². The van der Waals surface area contributed by atoms with Gasteiger partial charge in [-0.1, -0.05) is 30.3 Å². The number of aromatic nitrogens is 1. The maximum Gasteiger partial charge on any atom is 0.106 e. The van der Waals surface area contributed by atoms with E-state index < -0.39 is 0 Å². The highest BCUT2D eigenvalue weighted by molar-refractivity contribution is 7.09. The van der Waals surface area contributed by atoms with Crippen molar-refractivity contribution in [2.45, 2.75) is 19.5 Å². The van der Waals surface area contributed by atoms with Crippen LogP contribution in [0.2, 0.25) is 0 Å². The highest BCUT2D eigenvalue weighted by atomic mass is 32.1. The summed E-state index contributed by atoms with van der Waals surface area (Å²) in [6, 6.07) is 10.6. The van der Waals surface area contributed by atoms with Crippen LogP contribution in [0, 0.1) is 0 Å².